The first kappa shape index (κ1) is 19.7. The van der Waals surface area contributed by atoms with Crippen molar-refractivity contribution in [3.8, 4) is 0 Å². The maximum absolute atomic E-state index is 14.1. The van der Waals surface area contributed by atoms with E-state index in [2.05, 4.69) is 20.6 Å². The van der Waals surface area contributed by atoms with Gasteiger partial charge in [-0.1, -0.05) is 6.07 Å². The smallest absolute Gasteiger partial charge is 0.341 e. The van der Waals surface area contributed by atoms with Crippen molar-refractivity contribution in [1.29, 1.82) is 0 Å². The normalized spacial score (nSPS) is 20.6. The Morgan fingerprint density at radius 2 is 2.17 bits per heavy atom. The molecule has 2 N–H and O–H groups in total. The van der Waals surface area contributed by atoms with E-state index in [1.54, 1.807) is 13.0 Å². The minimum Gasteiger partial charge on any atom is -0.462 e. The molecular formula is C21H25FN4O3. The number of nitrogens with one attached hydrogen (secondary N) is 2. The molecule has 8 heteroatoms. The van der Waals surface area contributed by atoms with Gasteiger partial charge in [-0.05, 0) is 49.4 Å². The number of nitrogens with zero attached hydrogens (tertiary/aromatic N) is 2. The number of hydrogen-bond donors (Lipinski definition) is 2. The van der Waals surface area contributed by atoms with Gasteiger partial charge in [-0.25, -0.2) is 19.2 Å². The van der Waals surface area contributed by atoms with Gasteiger partial charge < -0.3 is 20.1 Å². The molecule has 2 heterocycles. The molecule has 0 radical (unpaired) electrons. The van der Waals surface area contributed by atoms with Crippen molar-refractivity contribution in [2.24, 2.45) is 0 Å². The maximum Gasteiger partial charge on any atom is 0.341 e. The summed E-state index contributed by atoms with van der Waals surface area (Å²) in [6.07, 6.45) is 5.76. The van der Waals surface area contributed by atoms with Crippen LogP contribution in [0.3, 0.4) is 0 Å². The van der Waals surface area contributed by atoms with Gasteiger partial charge >= 0.3 is 5.97 Å². The largest absolute Gasteiger partial charge is 0.462 e. The van der Waals surface area contributed by atoms with Crippen LogP contribution in [0.15, 0.2) is 30.6 Å². The summed E-state index contributed by atoms with van der Waals surface area (Å²) in [5, 5.41) is 6.86. The highest BCUT2D eigenvalue weighted by Crippen LogP contribution is 2.46. The zero-order chi connectivity index (χ0) is 20.3. The average Bonchev–Trinajstić information content (AvgIpc) is 2.72. The number of benzene rings is 1. The second-order valence-corrected chi connectivity index (χ2v) is 7.39. The molecular weight excluding hydrogens is 375 g/mol. The van der Waals surface area contributed by atoms with Gasteiger partial charge in [0.15, 0.2) is 0 Å². The predicted octanol–water partition coefficient (Wildman–Crippen LogP) is 2.94. The summed E-state index contributed by atoms with van der Waals surface area (Å²) < 4.78 is 24.6. The molecule has 2 aliphatic rings. The lowest BCUT2D eigenvalue weighted by Crippen LogP contribution is -2.45. The molecule has 1 aliphatic heterocycles. The molecule has 4 rings (SSSR count). The van der Waals surface area contributed by atoms with Gasteiger partial charge in [-0.15, -0.1) is 0 Å². The highest BCUT2D eigenvalue weighted by Gasteiger charge is 2.42. The number of carbonyl (C=O) groups excluding carboxylic acids is 1. The molecule has 0 bridgehead atoms. The summed E-state index contributed by atoms with van der Waals surface area (Å²) in [7, 11) is 0. The second-order valence-electron chi connectivity index (χ2n) is 7.39. The molecule has 2 aromatic rings. The number of ether oxygens (including phenoxy) is 2. The van der Waals surface area contributed by atoms with E-state index in [9.17, 15) is 9.18 Å². The summed E-state index contributed by atoms with van der Waals surface area (Å²) in [5.41, 5.74) is 1.88. The average molecular weight is 400 g/mol. The standard InChI is InChI=1S/C21H25FN4O3/c1-2-29-19(27)14-11-24-20(25-12-14)26-21(6-3-7-21)17-5-4-15(22)10-16(17)18-13-28-9-8-23-18/h4-5,10-12,18,23H,2-3,6-9,13H2,1H3,(H,24,25,26). The number of hydrogen-bond acceptors (Lipinski definition) is 7. The third-order valence-electron chi connectivity index (χ3n) is 5.55. The van der Waals surface area contributed by atoms with Crippen LogP contribution in [0.1, 0.15) is 53.7 Å². The molecule has 7 nitrogen and oxygen atoms in total. The quantitative estimate of drug-likeness (QED) is 0.721. The lowest BCUT2D eigenvalue weighted by molar-refractivity contribution is 0.0525. The molecule has 1 aromatic heterocycles. The van der Waals surface area contributed by atoms with Crippen molar-refractivity contribution in [2.75, 3.05) is 31.7 Å². The van der Waals surface area contributed by atoms with E-state index in [4.69, 9.17) is 9.47 Å². The first-order chi connectivity index (χ1) is 14.1. The summed E-state index contributed by atoms with van der Waals surface area (Å²) in [6.45, 7) is 3.96. The molecule has 29 heavy (non-hydrogen) atoms. The van der Waals surface area contributed by atoms with E-state index < -0.39 is 5.97 Å². The summed E-state index contributed by atoms with van der Waals surface area (Å²) in [4.78, 5) is 20.4. The maximum atomic E-state index is 14.1. The highest BCUT2D eigenvalue weighted by atomic mass is 19.1. The summed E-state index contributed by atoms with van der Waals surface area (Å²) >= 11 is 0. The van der Waals surface area contributed by atoms with E-state index in [0.717, 1.165) is 36.9 Å². The Hall–Kier alpha value is -2.58. The van der Waals surface area contributed by atoms with Gasteiger partial charge in [0, 0.05) is 18.9 Å². The van der Waals surface area contributed by atoms with E-state index in [-0.39, 0.29) is 17.4 Å². The van der Waals surface area contributed by atoms with Crippen molar-refractivity contribution < 1.29 is 18.7 Å². The Balaban J connectivity index is 1.60. The topological polar surface area (TPSA) is 85.4 Å². The Labute approximate surface area is 169 Å². The fourth-order valence-electron chi connectivity index (χ4n) is 3.94. The van der Waals surface area contributed by atoms with Crippen molar-refractivity contribution in [3.05, 3.63) is 53.1 Å². The van der Waals surface area contributed by atoms with Crippen molar-refractivity contribution in [2.45, 2.75) is 37.8 Å². The van der Waals surface area contributed by atoms with Gasteiger partial charge in [0.25, 0.3) is 0 Å². The minimum absolute atomic E-state index is 0.0548. The van der Waals surface area contributed by atoms with Gasteiger partial charge in [0.1, 0.15) is 5.82 Å². The van der Waals surface area contributed by atoms with Crippen LogP contribution in [-0.4, -0.2) is 42.3 Å². The highest BCUT2D eigenvalue weighted by molar-refractivity contribution is 5.88. The third-order valence-corrected chi connectivity index (χ3v) is 5.55. The molecule has 1 saturated heterocycles. The first-order valence-electron chi connectivity index (χ1n) is 10.00. The lowest BCUT2D eigenvalue weighted by atomic mass is 9.69. The molecule has 154 valence electrons. The second kappa shape index (κ2) is 8.42. The van der Waals surface area contributed by atoms with E-state index in [1.165, 1.54) is 18.5 Å². The monoisotopic (exact) mass is 400 g/mol. The SMILES string of the molecule is CCOC(=O)c1cnc(NC2(c3ccc(F)cc3C3COCCN3)CCC2)nc1. The third kappa shape index (κ3) is 4.09. The lowest BCUT2D eigenvalue weighted by Gasteiger charge is -2.45. The Morgan fingerprint density at radius 1 is 1.38 bits per heavy atom. The van der Waals surface area contributed by atoms with Crippen LogP contribution in [0, 0.1) is 5.82 Å². The van der Waals surface area contributed by atoms with Crippen molar-refractivity contribution >= 4 is 11.9 Å². The Bertz CT molecular complexity index is 865. The predicted molar refractivity (Wildman–Crippen MR) is 105 cm³/mol. The van der Waals surface area contributed by atoms with Gasteiger partial charge in [0.05, 0.1) is 37.0 Å². The van der Waals surface area contributed by atoms with Crippen LogP contribution in [0.5, 0.6) is 0 Å². The number of rotatable bonds is 6. The number of carbonyl (C=O) groups is 1. The van der Waals surface area contributed by atoms with Crippen molar-refractivity contribution in [3.63, 3.8) is 0 Å². The molecule has 1 unspecified atom stereocenters. The fourth-order valence-corrected chi connectivity index (χ4v) is 3.94. The number of halogens is 1. The number of esters is 1. The molecule has 1 atom stereocenters. The van der Waals surface area contributed by atoms with Gasteiger partial charge in [-0.2, -0.15) is 0 Å². The molecule has 1 aromatic carbocycles. The van der Waals surface area contributed by atoms with Crippen LogP contribution in [-0.2, 0) is 15.0 Å². The van der Waals surface area contributed by atoms with Gasteiger partial charge in [0.2, 0.25) is 5.95 Å². The number of aromatic nitrogens is 2. The van der Waals surface area contributed by atoms with Crippen LogP contribution >= 0.6 is 0 Å². The summed E-state index contributed by atoms with van der Waals surface area (Å²) in [5.74, 6) is -0.275. The molecule has 0 spiro atoms. The van der Waals surface area contributed by atoms with E-state index in [1.807, 2.05) is 6.07 Å². The molecule has 0 amide bonds. The zero-order valence-electron chi connectivity index (χ0n) is 16.4. The van der Waals surface area contributed by atoms with Crippen LogP contribution in [0.4, 0.5) is 10.3 Å². The number of morpholine rings is 1. The van der Waals surface area contributed by atoms with E-state index >= 15 is 0 Å². The van der Waals surface area contributed by atoms with Crippen LogP contribution in [0.2, 0.25) is 0 Å². The number of anilines is 1. The summed E-state index contributed by atoms with van der Waals surface area (Å²) in [6, 6.07) is 4.88. The first-order valence-corrected chi connectivity index (χ1v) is 10.00. The molecule has 1 aliphatic carbocycles. The Kier molecular flexibility index (Phi) is 5.73. The van der Waals surface area contributed by atoms with E-state index in [0.29, 0.717) is 31.3 Å². The zero-order valence-corrected chi connectivity index (χ0v) is 16.4. The van der Waals surface area contributed by atoms with Crippen molar-refractivity contribution in [1.82, 2.24) is 15.3 Å². The van der Waals surface area contributed by atoms with Crippen LogP contribution in [0.25, 0.3) is 0 Å². The Morgan fingerprint density at radius 3 is 2.79 bits per heavy atom. The fraction of sp³-hybridized carbons (Fsp3) is 0.476. The molecule has 2 fully saturated rings. The minimum atomic E-state index is -0.443. The molecule has 1 saturated carbocycles. The van der Waals surface area contributed by atoms with Gasteiger partial charge in [-0.3, -0.25) is 0 Å². The van der Waals surface area contributed by atoms with Crippen LogP contribution < -0.4 is 10.6 Å².